The first-order chi connectivity index (χ1) is 6.36. The number of hydrogen-bond donors (Lipinski definition) is 1. The first-order valence-corrected chi connectivity index (χ1v) is 5.29. The zero-order valence-electron chi connectivity index (χ0n) is 8.71. The number of rotatable bonds is 6. The number of ether oxygens (including phenoxy) is 2. The first-order valence-electron chi connectivity index (χ1n) is 5.29. The molecule has 0 aromatic heterocycles. The Morgan fingerprint density at radius 2 is 2.15 bits per heavy atom. The monoisotopic (exact) mass is 187 g/mol. The van der Waals surface area contributed by atoms with Gasteiger partial charge in [0.05, 0.1) is 19.3 Å². The molecule has 0 amide bonds. The van der Waals surface area contributed by atoms with Crippen molar-refractivity contribution in [3.05, 3.63) is 0 Å². The normalized spacial score (nSPS) is 28.2. The smallest absolute Gasteiger partial charge is 0.0715 e. The van der Waals surface area contributed by atoms with Crippen LogP contribution in [0.25, 0.3) is 0 Å². The van der Waals surface area contributed by atoms with Crippen LogP contribution < -0.4 is 5.32 Å². The van der Waals surface area contributed by atoms with E-state index in [1.165, 1.54) is 6.42 Å². The summed E-state index contributed by atoms with van der Waals surface area (Å²) in [5, 5.41) is 3.43. The average Bonchev–Trinajstić information content (AvgIpc) is 2.60. The van der Waals surface area contributed by atoms with Crippen LogP contribution in [0.2, 0.25) is 0 Å². The van der Waals surface area contributed by atoms with Crippen LogP contribution in [0.1, 0.15) is 26.7 Å². The van der Waals surface area contributed by atoms with Gasteiger partial charge in [-0.1, -0.05) is 6.92 Å². The molecule has 0 aromatic carbocycles. The molecule has 1 aliphatic heterocycles. The quantitative estimate of drug-likeness (QED) is 0.633. The van der Waals surface area contributed by atoms with Crippen LogP contribution in [0.3, 0.4) is 0 Å². The Hall–Kier alpha value is -0.120. The van der Waals surface area contributed by atoms with Crippen molar-refractivity contribution in [2.24, 2.45) is 0 Å². The summed E-state index contributed by atoms with van der Waals surface area (Å²) in [5.41, 5.74) is 0. The molecule has 0 spiro atoms. The van der Waals surface area contributed by atoms with Crippen molar-refractivity contribution in [3.8, 4) is 0 Å². The molecule has 1 fully saturated rings. The molecule has 0 aromatic rings. The SMILES string of the molecule is CCOCCO[C@H]1CN[C@@H](CC)C1. The molecule has 2 atom stereocenters. The second-order valence-electron chi connectivity index (χ2n) is 3.44. The van der Waals surface area contributed by atoms with Gasteiger partial charge in [-0.25, -0.2) is 0 Å². The highest BCUT2D eigenvalue weighted by atomic mass is 16.5. The molecule has 3 nitrogen and oxygen atoms in total. The minimum Gasteiger partial charge on any atom is -0.379 e. The minimum absolute atomic E-state index is 0.408. The lowest BCUT2D eigenvalue weighted by molar-refractivity contribution is 0.0152. The van der Waals surface area contributed by atoms with Crippen molar-refractivity contribution < 1.29 is 9.47 Å². The number of hydrogen-bond acceptors (Lipinski definition) is 3. The summed E-state index contributed by atoms with van der Waals surface area (Å²) >= 11 is 0. The summed E-state index contributed by atoms with van der Waals surface area (Å²) in [6.07, 6.45) is 2.76. The third-order valence-corrected chi connectivity index (χ3v) is 2.46. The van der Waals surface area contributed by atoms with Crippen LogP contribution in [0.5, 0.6) is 0 Å². The van der Waals surface area contributed by atoms with Gasteiger partial charge in [-0.3, -0.25) is 0 Å². The summed E-state index contributed by atoms with van der Waals surface area (Å²) in [7, 11) is 0. The Labute approximate surface area is 80.8 Å². The van der Waals surface area contributed by atoms with Crippen LogP contribution in [0.15, 0.2) is 0 Å². The standard InChI is InChI=1S/C10H21NO2/c1-3-9-7-10(8-11-9)13-6-5-12-4-2/h9-11H,3-8H2,1-2H3/t9-,10+/m0/s1. The zero-order chi connectivity index (χ0) is 9.52. The maximum Gasteiger partial charge on any atom is 0.0715 e. The Morgan fingerprint density at radius 3 is 2.77 bits per heavy atom. The highest BCUT2D eigenvalue weighted by molar-refractivity contribution is 4.80. The first kappa shape index (κ1) is 11.0. The molecular formula is C10H21NO2. The molecule has 0 unspecified atom stereocenters. The lowest BCUT2D eigenvalue weighted by atomic mass is 10.1. The Balaban J connectivity index is 1.97. The highest BCUT2D eigenvalue weighted by Crippen LogP contribution is 2.12. The predicted octanol–water partition coefficient (Wildman–Crippen LogP) is 1.18. The summed E-state index contributed by atoms with van der Waals surface area (Å²) in [4.78, 5) is 0. The molecule has 0 aliphatic carbocycles. The van der Waals surface area contributed by atoms with E-state index >= 15 is 0 Å². The van der Waals surface area contributed by atoms with Gasteiger partial charge in [-0.05, 0) is 19.8 Å². The van der Waals surface area contributed by atoms with E-state index in [0.29, 0.717) is 12.1 Å². The van der Waals surface area contributed by atoms with Gasteiger partial charge in [0.2, 0.25) is 0 Å². The van der Waals surface area contributed by atoms with Gasteiger partial charge in [0.25, 0.3) is 0 Å². The molecule has 78 valence electrons. The highest BCUT2D eigenvalue weighted by Gasteiger charge is 2.22. The minimum atomic E-state index is 0.408. The third-order valence-electron chi connectivity index (χ3n) is 2.46. The molecule has 1 N–H and O–H groups in total. The summed E-state index contributed by atoms with van der Waals surface area (Å²) < 4.78 is 10.9. The summed E-state index contributed by atoms with van der Waals surface area (Å²) in [5.74, 6) is 0. The topological polar surface area (TPSA) is 30.5 Å². The van der Waals surface area contributed by atoms with Crippen molar-refractivity contribution in [2.75, 3.05) is 26.4 Å². The van der Waals surface area contributed by atoms with Crippen LogP contribution in [0, 0.1) is 0 Å². The van der Waals surface area contributed by atoms with Gasteiger partial charge >= 0.3 is 0 Å². The predicted molar refractivity (Wildman–Crippen MR) is 52.9 cm³/mol. The fraction of sp³-hybridized carbons (Fsp3) is 1.00. The maximum absolute atomic E-state index is 5.65. The van der Waals surface area contributed by atoms with Crippen LogP contribution >= 0.6 is 0 Å². The molecule has 13 heavy (non-hydrogen) atoms. The zero-order valence-corrected chi connectivity index (χ0v) is 8.71. The van der Waals surface area contributed by atoms with E-state index in [9.17, 15) is 0 Å². The van der Waals surface area contributed by atoms with Gasteiger partial charge < -0.3 is 14.8 Å². The van der Waals surface area contributed by atoms with Crippen molar-refractivity contribution in [1.29, 1.82) is 0 Å². The van der Waals surface area contributed by atoms with Gasteiger partial charge in [-0.15, -0.1) is 0 Å². The molecule has 0 radical (unpaired) electrons. The van der Waals surface area contributed by atoms with E-state index in [1.807, 2.05) is 6.92 Å². The van der Waals surface area contributed by atoms with Crippen LogP contribution in [-0.4, -0.2) is 38.5 Å². The Kier molecular flexibility index (Phi) is 5.35. The summed E-state index contributed by atoms with van der Waals surface area (Å²) in [6.45, 7) is 7.46. The average molecular weight is 187 g/mol. The molecule has 1 aliphatic rings. The van der Waals surface area contributed by atoms with Crippen molar-refractivity contribution in [3.63, 3.8) is 0 Å². The third kappa shape index (κ3) is 4.07. The molecule has 1 heterocycles. The van der Waals surface area contributed by atoms with Gasteiger partial charge in [0.1, 0.15) is 0 Å². The largest absolute Gasteiger partial charge is 0.379 e. The van der Waals surface area contributed by atoms with Gasteiger partial charge in [0, 0.05) is 19.2 Å². The van der Waals surface area contributed by atoms with Crippen LogP contribution in [0.4, 0.5) is 0 Å². The van der Waals surface area contributed by atoms with Crippen molar-refractivity contribution in [2.45, 2.75) is 38.8 Å². The van der Waals surface area contributed by atoms with Crippen molar-refractivity contribution in [1.82, 2.24) is 5.32 Å². The summed E-state index contributed by atoms with van der Waals surface area (Å²) in [6, 6.07) is 0.664. The lowest BCUT2D eigenvalue weighted by Crippen LogP contribution is -2.21. The molecule has 1 rings (SSSR count). The van der Waals surface area contributed by atoms with E-state index in [2.05, 4.69) is 12.2 Å². The van der Waals surface area contributed by atoms with E-state index in [0.717, 1.165) is 32.8 Å². The van der Waals surface area contributed by atoms with E-state index in [4.69, 9.17) is 9.47 Å². The lowest BCUT2D eigenvalue weighted by Gasteiger charge is -2.10. The Bertz CT molecular complexity index is 130. The van der Waals surface area contributed by atoms with Crippen LogP contribution in [-0.2, 0) is 9.47 Å². The van der Waals surface area contributed by atoms with E-state index in [1.54, 1.807) is 0 Å². The second-order valence-corrected chi connectivity index (χ2v) is 3.44. The van der Waals surface area contributed by atoms with Gasteiger partial charge in [0.15, 0.2) is 0 Å². The van der Waals surface area contributed by atoms with E-state index < -0.39 is 0 Å². The second kappa shape index (κ2) is 6.35. The molecule has 0 saturated carbocycles. The molecule has 1 saturated heterocycles. The molecular weight excluding hydrogens is 166 g/mol. The Morgan fingerprint density at radius 1 is 1.31 bits per heavy atom. The van der Waals surface area contributed by atoms with Gasteiger partial charge in [-0.2, -0.15) is 0 Å². The fourth-order valence-corrected chi connectivity index (χ4v) is 1.64. The maximum atomic E-state index is 5.65. The molecule has 0 bridgehead atoms. The van der Waals surface area contributed by atoms with Crippen molar-refractivity contribution >= 4 is 0 Å². The number of nitrogens with one attached hydrogen (secondary N) is 1. The fourth-order valence-electron chi connectivity index (χ4n) is 1.64. The molecule has 3 heteroatoms. The van der Waals surface area contributed by atoms with E-state index in [-0.39, 0.29) is 0 Å².